The lowest BCUT2D eigenvalue weighted by molar-refractivity contribution is -0.132. The molecule has 0 aliphatic carbocycles. The van der Waals surface area contributed by atoms with E-state index >= 15 is 0 Å². The van der Waals surface area contributed by atoms with Crippen LogP contribution in [0.2, 0.25) is 0 Å². The lowest BCUT2D eigenvalue weighted by atomic mass is 9.86. The molecule has 1 saturated heterocycles. The summed E-state index contributed by atoms with van der Waals surface area (Å²) < 4.78 is 0. The highest BCUT2D eigenvalue weighted by molar-refractivity contribution is 5.90. The minimum atomic E-state index is -0.561. The Hall–Kier alpha value is -3.24. The van der Waals surface area contributed by atoms with E-state index in [1.54, 1.807) is 4.90 Å². The number of hydrogen-bond acceptors (Lipinski definition) is 6. The fourth-order valence-corrected chi connectivity index (χ4v) is 3.89. The lowest BCUT2D eigenvalue weighted by Gasteiger charge is -2.20. The first-order chi connectivity index (χ1) is 16.6. The summed E-state index contributed by atoms with van der Waals surface area (Å²) in [5.41, 5.74) is 0.790. The largest absolute Gasteiger partial charge is 0.354 e. The van der Waals surface area contributed by atoms with Gasteiger partial charge in [-0.1, -0.05) is 33.3 Å². The van der Waals surface area contributed by atoms with Crippen molar-refractivity contribution in [2.24, 2.45) is 11.8 Å². The number of allylic oxidation sites excluding steroid dienone is 1. The van der Waals surface area contributed by atoms with Gasteiger partial charge in [0.15, 0.2) is 0 Å². The molecule has 0 bridgehead atoms. The van der Waals surface area contributed by atoms with Crippen molar-refractivity contribution < 1.29 is 28.8 Å². The minimum absolute atomic E-state index is 0.0339. The summed E-state index contributed by atoms with van der Waals surface area (Å²) in [6.45, 7) is 9.29. The monoisotopic (exact) mass is 493 g/mol. The minimum Gasteiger partial charge on any atom is -0.354 e. The topological polar surface area (TPSA) is 154 Å². The van der Waals surface area contributed by atoms with Crippen LogP contribution in [-0.2, 0) is 28.8 Å². The van der Waals surface area contributed by atoms with Crippen LogP contribution >= 0.6 is 0 Å². The molecular formula is C24H39N5O6. The van der Waals surface area contributed by atoms with Gasteiger partial charge < -0.3 is 26.2 Å². The summed E-state index contributed by atoms with van der Waals surface area (Å²) in [5, 5.41) is 9.66. The predicted octanol–water partition coefficient (Wildman–Crippen LogP) is 0.00890. The Balaban J connectivity index is 2.20. The molecule has 35 heavy (non-hydrogen) atoms. The third-order valence-corrected chi connectivity index (χ3v) is 5.96. The summed E-state index contributed by atoms with van der Waals surface area (Å²) in [4.78, 5) is 72.3. The van der Waals surface area contributed by atoms with E-state index in [2.05, 4.69) is 41.7 Å². The Morgan fingerprint density at radius 1 is 0.886 bits per heavy atom. The zero-order valence-corrected chi connectivity index (χ0v) is 21.0. The summed E-state index contributed by atoms with van der Waals surface area (Å²) in [6, 6.07) is 0. The number of nitrogens with one attached hydrogen (secondary N) is 4. The van der Waals surface area contributed by atoms with Crippen LogP contribution in [0.3, 0.4) is 0 Å². The van der Waals surface area contributed by atoms with Crippen molar-refractivity contribution in [1.82, 2.24) is 26.2 Å². The van der Waals surface area contributed by atoms with Gasteiger partial charge in [-0.15, -0.1) is 0 Å². The normalized spacial score (nSPS) is 15.2. The van der Waals surface area contributed by atoms with Gasteiger partial charge >= 0.3 is 0 Å². The highest BCUT2D eigenvalue weighted by atomic mass is 16.2. The molecule has 11 heteroatoms. The molecular weight excluding hydrogens is 454 g/mol. The summed E-state index contributed by atoms with van der Waals surface area (Å²) in [5.74, 6) is -1.55. The molecule has 1 aliphatic heterocycles. The molecule has 196 valence electrons. The Bertz CT molecular complexity index is 808. The second-order valence-electron chi connectivity index (χ2n) is 8.68. The molecule has 1 heterocycles. The molecule has 1 atom stereocenters. The highest BCUT2D eigenvalue weighted by Gasteiger charge is 2.37. The van der Waals surface area contributed by atoms with E-state index in [4.69, 9.17) is 0 Å². The van der Waals surface area contributed by atoms with Crippen molar-refractivity contribution in [2.75, 3.05) is 32.7 Å². The van der Waals surface area contributed by atoms with Gasteiger partial charge in [0.05, 0.1) is 19.6 Å². The van der Waals surface area contributed by atoms with Crippen LogP contribution in [0.4, 0.5) is 0 Å². The van der Waals surface area contributed by atoms with Crippen molar-refractivity contribution in [3.8, 4) is 0 Å². The maximum atomic E-state index is 12.7. The number of amides is 5. The summed E-state index contributed by atoms with van der Waals surface area (Å²) in [7, 11) is 0. The van der Waals surface area contributed by atoms with Crippen LogP contribution in [0, 0.1) is 11.8 Å². The fraction of sp³-hybridized carbons (Fsp3) is 0.667. The van der Waals surface area contributed by atoms with Crippen molar-refractivity contribution in [3.63, 3.8) is 0 Å². The molecule has 0 radical (unpaired) electrons. The summed E-state index contributed by atoms with van der Waals surface area (Å²) in [6.07, 6.45) is 3.36. The number of likely N-dealkylation sites (tertiary alicyclic amines) is 1. The molecule has 11 nitrogen and oxygen atoms in total. The third-order valence-electron chi connectivity index (χ3n) is 5.96. The predicted molar refractivity (Wildman–Crippen MR) is 130 cm³/mol. The number of carbonyl (C=O) groups is 6. The lowest BCUT2D eigenvalue weighted by Crippen LogP contribution is -2.44. The highest BCUT2D eigenvalue weighted by Crippen LogP contribution is 2.35. The number of hydrogen-bond donors (Lipinski definition) is 4. The zero-order valence-electron chi connectivity index (χ0n) is 21.0. The van der Waals surface area contributed by atoms with E-state index in [9.17, 15) is 28.8 Å². The molecule has 1 aliphatic rings. The maximum absolute atomic E-state index is 12.7. The number of rotatable bonds is 16. The number of nitrogens with zero attached hydrogens (tertiary/aromatic N) is 1. The SMILES string of the molecule is C=C1CC(C(CC)CC)C(=O)N1CCCC(=O)NCC(=O)NCC(=O)NCC(=O)NCCC(C)=O. The maximum Gasteiger partial charge on any atom is 0.239 e. The van der Waals surface area contributed by atoms with Gasteiger partial charge in [0.25, 0.3) is 0 Å². The van der Waals surface area contributed by atoms with Gasteiger partial charge in [0.1, 0.15) is 5.78 Å². The van der Waals surface area contributed by atoms with Crippen LogP contribution < -0.4 is 21.3 Å². The number of ketones is 1. The molecule has 1 unspecified atom stereocenters. The van der Waals surface area contributed by atoms with E-state index < -0.39 is 17.7 Å². The molecule has 5 amide bonds. The molecule has 4 N–H and O–H groups in total. The van der Waals surface area contributed by atoms with E-state index in [0.29, 0.717) is 25.3 Å². The van der Waals surface area contributed by atoms with Gasteiger partial charge in [-0.25, -0.2) is 0 Å². The average molecular weight is 494 g/mol. The average Bonchev–Trinajstić information content (AvgIpc) is 3.09. The van der Waals surface area contributed by atoms with Crippen LogP contribution in [0.15, 0.2) is 12.3 Å². The Labute approximate surface area is 206 Å². The van der Waals surface area contributed by atoms with Crippen LogP contribution in [-0.4, -0.2) is 72.9 Å². The summed E-state index contributed by atoms with van der Waals surface area (Å²) >= 11 is 0. The van der Waals surface area contributed by atoms with Gasteiger partial charge in [0, 0.05) is 37.5 Å². The number of carbonyl (C=O) groups excluding carboxylic acids is 6. The second kappa shape index (κ2) is 15.6. The smallest absolute Gasteiger partial charge is 0.239 e. The standard InChI is InChI=1S/C24H39N5O6/c1-5-18(6-2)19-12-16(3)29(24(19)35)11-7-8-20(31)26-14-22(33)28-15-23(34)27-13-21(32)25-10-9-17(4)30/h18-19H,3,5-15H2,1-2,4H3,(H,25,32)(H,26,31)(H,27,34)(H,28,33). The van der Waals surface area contributed by atoms with Crippen molar-refractivity contribution >= 4 is 35.3 Å². The van der Waals surface area contributed by atoms with E-state index in [0.717, 1.165) is 18.5 Å². The first-order valence-electron chi connectivity index (χ1n) is 12.1. The molecule has 0 spiro atoms. The fourth-order valence-electron chi connectivity index (χ4n) is 3.89. The van der Waals surface area contributed by atoms with Crippen molar-refractivity contribution in [2.45, 2.75) is 59.3 Å². The van der Waals surface area contributed by atoms with Crippen molar-refractivity contribution in [1.29, 1.82) is 0 Å². The Morgan fingerprint density at radius 2 is 1.40 bits per heavy atom. The van der Waals surface area contributed by atoms with Crippen LogP contribution in [0.1, 0.15) is 59.3 Å². The molecule has 1 fully saturated rings. The third kappa shape index (κ3) is 11.2. The van der Waals surface area contributed by atoms with Crippen molar-refractivity contribution in [3.05, 3.63) is 12.3 Å². The molecule has 0 saturated carbocycles. The number of Topliss-reactive ketones (excluding diaryl/α,β-unsaturated/α-hetero) is 1. The first-order valence-corrected chi connectivity index (χ1v) is 12.1. The zero-order chi connectivity index (χ0) is 26.4. The van der Waals surface area contributed by atoms with E-state index in [1.165, 1.54) is 6.92 Å². The Kier molecular flexibility index (Phi) is 13.3. The van der Waals surface area contributed by atoms with Gasteiger partial charge in [-0.3, -0.25) is 28.8 Å². The van der Waals surface area contributed by atoms with Gasteiger partial charge in [0.2, 0.25) is 29.5 Å². The molecule has 1 rings (SSSR count). The van der Waals surface area contributed by atoms with Gasteiger partial charge in [-0.05, 0) is 25.7 Å². The van der Waals surface area contributed by atoms with Crippen LogP contribution in [0.5, 0.6) is 0 Å². The first kappa shape index (κ1) is 29.8. The van der Waals surface area contributed by atoms with Crippen LogP contribution in [0.25, 0.3) is 0 Å². The quantitative estimate of drug-likeness (QED) is 0.238. The molecule has 0 aromatic carbocycles. The molecule has 0 aromatic heterocycles. The van der Waals surface area contributed by atoms with E-state index in [-0.39, 0.29) is 62.5 Å². The Morgan fingerprint density at radius 3 is 1.91 bits per heavy atom. The molecule has 0 aromatic rings. The van der Waals surface area contributed by atoms with Gasteiger partial charge in [-0.2, -0.15) is 0 Å². The van der Waals surface area contributed by atoms with E-state index in [1.807, 2.05) is 0 Å². The second-order valence-corrected chi connectivity index (χ2v) is 8.68.